The van der Waals surface area contributed by atoms with Gasteiger partial charge in [0.15, 0.2) is 0 Å². The van der Waals surface area contributed by atoms with E-state index in [0.717, 1.165) is 6.61 Å². The van der Waals surface area contributed by atoms with E-state index in [2.05, 4.69) is 20.4 Å². The van der Waals surface area contributed by atoms with E-state index >= 15 is 0 Å². The number of rotatable bonds is 4. The van der Waals surface area contributed by atoms with Gasteiger partial charge in [0.25, 0.3) is 0 Å². The molecule has 1 heterocycles. The average molecular weight is 168 g/mol. The summed E-state index contributed by atoms with van der Waals surface area (Å²) in [7, 11) is 0. The summed E-state index contributed by atoms with van der Waals surface area (Å²) in [4.78, 5) is 0. The summed E-state index contributed by atoms with van der Waals surface area (Å²) in [5.41, 5.74) is 1.31. The fourth-order valence-electron chi connectivity index (χ4n) is 1.64. The molecule has 1 fully saturated rings. The Morgan fingerprint density at radius 1 is 1.50 bits per heavy atom. The maximum atomic E-state index is 5.62. The van der Waals surface area contributed by atoms with Crippen molar-refractivity contribution in [2.24, 2.45) is 5.92 Å². The highest BCUT2D eigenvalue weighted by molar-refractivity contribution is 5.10. The van der Waals surface area contributed by atoms with Gasteiger partial charge in [0.2, 0.25) is 0 Å². The van der Waals surface area contributed by atoms with Gasteiger partial charge in [-0.3, -0.25) is 0 Å². The topological polar surface area (TPSA) is 9.23 Å². The number of hydrogen-bond acceptors (Lipinski definition) is 1. The van der Waals surface area contributed by atoms with Crippen LogP contribution >= 0.6 is 0 Å². The molecule has 0 aliphatic carbocycles. The second-order valence-corrected chi connectivity index (χ2v) is 3.79. The predicted octanol–water partition coefficient (Wildman–Crippen LogP) is 3.16. The van der Waals surface area contributed by atoms with Crippen LogP contribution in [0.5, 0.6) is 0 Å². The lowest BCUT2D eigenvalue weighted by Gasteiger charge is -2.10. The van der Waals surface area contributed by atoms with Gasteiger partial charge in [0, 0.05) is 5.92 Å². The van der Waals surface area contributed by atoms with Gasteiger partial charge in [0.1, 0.15) is 0 Å². The van der Waals surface area contributed by atoms with Crippen molar-refractivity contribution < 1.29 is 4.74 Å². The molecule has 1 aliphatic heterocycles. The Balaban J connectivity index is 2.20. The van der Waals surface area contributed by atoms with Crippen molar-refractivity contribution >= 4 is 0 Å². The molecule has 0 aromatic heterocycles. The lowest BCUT2D eigenvalue weighted by Crippen LogP contribution is -2.07. The molecule has 0 radical (unpaired) electrons. The molecule has 0 saturated carbocycles. The number of unbranched alkanes of at least 4 members (excludes halogenated alkanes) is 2. The first-order valence-electron chi connectivity index (χ1n) is 5.06. The quantitative estimate of drug-likeness (QED) is 0.463. The minimum atomic E-state index is 0.367. The predicted molar refractivity (Wildman–Crippen MR) is 52.2 cm³/mol. The third kappa shape index (κ3) is 2.34. The Morgan fingerprint density at radius 3 is 2.75 bits per heavy atom. The molecule has 1 rings (SSSR count). The third-order valence-corrected chi connectivity index (χ3v) is 2.66. The van der Waals surface area contributed by atoms with Crippen molar-refractivity contribution in [2.75, 3.05) is 6.61 Å². The van der Waals surface area contributed by atoms with Gasteiger partial charge in [0.05, 0.1) is 12.7 Å². The zero-order valence-corrected chi connectivity index (χ0v) is 8.31. The highest BCUT2D eigenvalue weighted by atomic mass is 16.5. The fourth-order valence-corrected chi connectivity index (χ4v) is 1.64. The van der Waals surface area contributed by atoms with Gasteiger partial charge < -0.3 is 4.74 Å². The second-order valence-electron chi connectivity index (χ2n) is 3.79. The van der Waals surface area contributed by atoms with Crippen LogP contribution in [0.4, 0.5) is 0 Å². The van der Waals surface area contributed by atoms with E-state index in [1.165, 1.54) is 31.3 Å². The lowest BCUT2D eigenvalue weighted by molar-refractivity contribution is 0.109. The third-order valence-electron chi connectivity index (χ3n) is 2.66. The van der Waals surface area contributed by atoms with E-state index in [0.29, 0.717) is 12.0 Å². The molecule has 2 atom stereocenters. The zero-order chi connectivity index (χ0) is 8.97. The summed E-state index contributed by atoms with van der Waals surface area (Å²) < 4.78 is 5.62. The molecule has 1 saturated heterocycles. The summed E-state index contributed by atoms with van der Waals surface area (Å²) >= 11 is 0. The van der Waals surface area contributed by atoms with Gasteiger partial charge >= 0.3 is 0 Å². The van der Waals surface area contributed by atoms with Gasteiger partial charge in [-0.1, -0.05) is 39.7 Å². The van der Waals surface area contributed by atoms with E-state index in [1.54, 1.807) is 0 Å². The van der Waals surface area contributed by atoms with Crippen LogP contribution in [0.15, 0.2) is 12.2 Å². The summed E-state index contributed by atoms with van der Waals surface area (Å²) in [6.07, 6.45) is 5.44. The van der Waals surface area contributed by atoms with E-state index in [-0.39, 0.29) is 0 Å². The molecular weight excluding hydrogens is 148 g/mol. The summed E-state index contributed by atoms with van der Waals surface area (Å²) in [5.74, 6) is 0.580. The molecule has 0 bridgehead atoms. The smallest absolute Gasteiger partial charge is 0.0786 e. The average Bonchev–Trinajstić information content (AvgIpc) is 2.36. The molecule has 70 valence electrons. The summed E-state index contributed by atoms with van der Waals surface area (Å²) in [5, 5.41) is 0. The highest BCUT2D eigenvalue weighted by Gasteiger charge is 2.25. The van der Waals surface area contributed by atoms with Gasteiger partial charge in [-0.25, -0.2) is 0 Å². The Hall–Kier alpha value is -0.300. The number of ether oxygens (including phenoxy) is 1. The van der Waals surface area contributed by atoms with Crippen molar-refractivity contribution in [1.29, 1.82) is 0 Å². The van der Waals surface area contributed by atoms with Crippen molar-refractivity contribution in [3.63, 3.8) is 0 Å². The van der Waals surface area contributed by atoms with Crippen molar-refractivity contribution in [3.05, 3.63) is 12.2 Å². The largest absolute Gasteiger partial charge is 0.373 e. The first-order valence-corrected chi connectivity index (χ1v) is 5.06. The van der Waals surface area contributed by atoms with Crippen LogP contribution in [-0.4, -0.2) is 12.7 Å². The second kappa shape index (κ2) is 4.66. The molecule has 12 heavy (non-hydrogen) atoms. The van der Waals surface area contributed by atoms with Crippen molar-refractivity contribution in [1.82, 2.24) is 0 Å². The molecule has 1 heteroatoms. The van der Waals surface area contributed by atoms with Crippen molar-refractivity contribution in [2.45, 2.75) is 45.6 Å². The van der Waals surface area contributed by atoms with Gasteiger partial charge in [-0.05, 0) is 12.0 Å². The van der Waals surface area contributed by atoms with E-state index in [1.807, 2.05) is 0 Å². The molecule has 0 amide bonds. The van der Waals surface area contributed by atoms with Gasteiger partial charge in [-0.15, -0.1) is 0 Å². The van der Waals surface area contributed by atoms with Crippen LogP contribution in [0.2, 0.25) is 0 Å². The van der Waals surface area contributed by atoms with Crippen LogP contribution in [0.25, 0.3) is 0 Å². The van der Waals surface area contributed by atoms with Crippen LogP contribution in [0.3, 0.4) is 0 Å². The molecule has 0 N–H and O–H groups in total. The van der Waals surface area contributed by atoms with Crippen LogP contribution in [0.1, 0.15) is 39.5 Å². The van der Waals surface area contributed by atoms with E-state index < -0.39 is 0 Å². The van der Waals surface area contributed by atoms with Crippen molar-refractivity contribution in [3.8, 4) is 0 Å². The minimum Gasteiger partial charge on any atom is -0.373 e. The standard InChI is InChI=1S/C11H20O/c1-4-5-6-7-11-10(3)9(2)8-12-11/h9,11H,3-8H2,1-2H3. The Bertz CT molecular complexity index is 151. The monoisotopic (exact) mass is 168 g/mol. The number of hydrogen-bond donors (Lipinski definition) is 0. The minimum absolute atomic E-state index is 0.367. The molecule has 1 aliphatic rings. The first kappa shape index (κ1) is 9.79. The van der Waals surface area contributed by atoms with Crippen LogP contribution in [-0.2, 0) is 4.74 Å². The maximum absolute atomic E-state index is 5.62. The first-order chi connectivity index (χ1) is 5.75. The highest BCUT2D eigenvalue weighted by Crippen LogP contribution is 2.27. The molecule has 1 nitrogen and oxygen atoms in total. The van der Waals surface area contributed by atoms with Gasteiger partial charge in [-0.2, -0.15) is 0 Å². The molecule has 2 unspecified atom stereocenters. The zero-order valence-electron chi connectivity index (χ0n) is 8.31. The molecule has 0 spiro atoms. The molecule has 0 aromatic carbocycles. The van der Waals surface area contributed by atoms with E-state index in [4.69, 9.17) is 4.74 Å². The Morgan fingerprint density at radius 2 is 2.25 bits per heavy atom. The Labute approximate surface area is 75.8 Å². The SMILES string of the molecule is C=C1C(C)COC1CCCCC. The fraction of sp³-hybridized carbons (Fsp3) is 0.818. The maximum Gasteiger partial charge on any atom is 0.0786 e. The normalized spacial score (nSPS) is 29.7. The summed E-state index contributed by atoms with van der Waals surface area (Å²) in [6.45, 7) is 9.38. The van der Waals surface area contributed by atoms with Crippen LogP contribution < -0.4 is 0 Å². The molecular formula is C11H20O. The summed E-state index contributed by atoms with van der Waals surface area (Å²) in [6, 6.07) is 0. The lowest BCUT2D eigenvalue weighted by atomic mass is 9.98. The van der Waals surface area contributed by atoms with E-state index in [9.17, 15) is 0 Å². The molecule has 0 aromatic rings. The van der Waals surface area contributed by atoms with Crippen LogP contribution in [0, 0.1) is 5.92 Å². The Kier molecular flexibility index (Phi) is 3.80.